The molecule has 112 valence electrons. The lowest BCUT2D eigenvalue weighted by Gasteiger charge is -2.09. The van der Waals surface area contributed by atoms with Crippen LogP contribution >= 0.6 is 0 Å². The molecule has 2 rings (SSSR count). The normalized spacial score (nSPS) is 11.5. The molecule has 0 aliphatic rings. The summed E-state index contributed by atoms with van der Waals surface area (Å²) in [6.45, 7) is 3.70. The standard InChI is InChI=1S/C17H21NO2S/c1-3-15-6-4-5-7-16(15)13-18-12-14-8-10-17(11-9-14)21(2,19)20/h4-11,18H,3,12-13H2,1-2H3. The molecule has 0 aromatic heterocycles. The summed E-state index contributed by atoms with van der Waals surface area (Å²) < 4.78 is 22.8. The summed E-state index contributed by atoms with van der Waals surface area (Å²) in [5.41, 5.74) is 3.75. The Labute approximate surface area is 126 Å². The molecule has 21 heavy (non-hydrogen) atoms. The number of aryl methyl sites for hydroxylation is 1. The van der Waals surface area contributed by atoms with Crippen LogP contribution in [0.15, 0.2) is 53.4 Å². The van der Waals surface area contributed by atoms with Gasteiger partial charge in [-0.15, -0.1) is 0 Å². The highest BCUT2D eigenvalue weighted by atomic mass is 32.2. The zero-order chi connectivity index (χ0) is 15.3. The average molecular weight is 303 g/mol. The van der Waals surface area contributed by atoms with Crippen LogP contribution in [0.25, 0.3) is 0 Å². The SMILES string of the molecule is CCc1ccccc1CNCc1ccc(S(C)(=O)=O)cc1. The van der Waals surface area contributed by atoms with Gasteiger partial charge < -0.3 is 5.32 Å². The summed E-state index contributed by atoms with van der Waals surface area (Å²) in [6, 6.07) is 15.4. The Hall–Kier alpha value is -1.65. The van der Waals surface area contributed by atoms with Gasteiger partial charge in [0, 0.05) is 19.3 Å². The minimum absolute atomic E-state index is 0.363. The number of rotatable bonds is 6. The minimum atomic E-state index is -3.11. The molecule has 0 heterocycles. The van der Waals surface area contributed by atoms with E-state index in [1.54, 1.807) is 12.1 Å². The van der Waals surface area contributed by atoms with E-state index in [-0.39, 0.29) is 0 Å². The molecule has 4 heteroatoms. The van der Waals surface area contributed by atoms with E-state index in [0.717, 1.165) is 25.1 Å². The van der Waals surface area contributed by atoms with E-state index >= 15 is 0 Å². The lowest BCUT2D eigenvalue weighted by Crippen LogP contribution is -2.14. The van der Waals surface area contributed by atoms with Gasteiger partial charge in [0.1, 0.15) is 0 Å². The summed E-state index contributed by atoms with van der Waals surface area (Å²) in [5, 5.41) is 3.40. The molecule has 3 nitrogen and oxygen atoms in total. The van der Waals surface area contributed by atoms with Crippen LogP contribution in [0.2, 0.25) is 0 Å². The Bertz CT molecular complexity index is 691. The smallest absolute Gasteiger partial charge is 0.175 e. The number of sulfone groups is 1. The van der Waals surface area contributed by atoms with Gasteiger partial charge in [0.2, 0.25) is 0 Å². The lowest BCUT2D eigenvalue weighted by molar-refractivity contribution is 0.602. The lowest BCUT2D eigenvalue weighted by atomic mass is 10.1. The molecule has 2 aromatic carbocycles. The van der Waals surface area contributed by atoms with Gasteiger partial charge in [0.05, 0.1) is 4.90 Å². The van der Waals surface area contributed by atoms with Gasteiger partial charge in [-0.1, -0.05) is 43.3 Å². The zero-order valence-corrected chi connectivity index (χ0v) is 13.3. The monoisotopic (exact) mass is 303 g/mol. The molecular weight excluding hydrogens is 282 g/mol. The van der Waals surface area contributed by atoms with E-state index in [4.69, 9.17) is 0 Å². The second-order valence-electron chi connectivity index (χ2n) is 5.14. The van der Waals surface area contributed by atoms with Crippen molar-refractivity contribution in [3.05, 3.63) is 65.2 Å². The van der Waals surface area contributed by atoms with Crippen molar-refractivity contribution in [2.75, 3.05) is 6.26 Å². The Morgan fingerprint density at radius 1 is 0.905 bits per heavy atom. The van der Waals surface area contributed by atoms with Gasteiger partial charge in [-0.25, -0.2) is 8.42 Å². The Balaban J connectivity index is 1.95. The van der Waals surface area contributed by atoms with Crippen molar-refractivity contribution in [3.8, 4) is 0 Å². The Morgan fingerprint density at radius 3 is 2.10 bits per heavy atom. The molecular formula is C17H21NO2S. The van der Waals surface area contributed by atoms with E-state index in [9.17, 15) is 8.42 Å². The van der Waals surface area contributed by atoms with E-state index < -0.39 is 9.84 Å². The molecule has 0 aliphatic carbocycles. The Morgan fingerprint density at radius 2 is 1.52 bits per heavy atom. The van der Waals surface area contributed by atoms with Gasteiger partial charge in [0.25, 0.3) is 0 Å². The fraction of sp³-hybridized carbons (Fsp3) is 0.294. The highest BCUT2D eigenvalue weighted by Crippen LogP contribution is 2.12. The van der Waals surface area contributed by atoms with Gasteiger partial charge in [0.15, 0.2) is 9.84 Å². The van der Waals surface area contributed by atoms with Crippen LogP contribution < -0.4 is 5.32 Å². The second-order valence-corrected chi connectivity index (χ2v) is 7.16. The summed E-state index contributed by atoms with van der Waals surface area (Å²) >= 11 is 0. The first-order chi connectivity index (χ1) is 10.0. The fourth-order valence-electron chi connectivity index (χ4n) is 2.27. The molecule has 0 radical (unpaired) electrons. The first-order valence-corrected chi connectivity index (χ1v) is 8.96. The van der Waals surface area contributed by atoms with Crippen molar-refractivity contribution >= 4 is 9.84 Å². The molecule has 0 amide bonds. The molecule has 0 unspecified atom stereocenters. The minimum Gasteiger partial charge on any atom is -0.309 e. The number of hydrogen-bond donors (Lipinski definition) is 1. The number of nitrogens with one attached hydrogen (secondary N) is 1. The Kier molecular flexibility index (Phi) is 5.15. The third-order valence-corrected chi connectivity index (χ3v) is 4.62. The fourth-order valence-corrected chi connectivity index (χ4v) is 2.90. The van der Waals surface area contributed by atoms with Crippen LogP contribution in [-0.2, 0) is 29.3 Å². The molecule has 2 aromatic rings. The van der Waals surface area contributed by atoms with E-state index in [0.29, 0.717) is 4.90 Å². The van der Waals surface area contributed by atoms with Crippen LogP contribution in [0.3, 0.4) is 0 Å². The number of hydrogen-bond acceptors (Lipinski definition) is 3. The largest absolute Gasteiger partial charge is 0.309 e. The van der Waals surface area contributed by atoms with Crippen LogP contribution in [-0.4, -0.2) is 14.7 Å². The predicted octanol–water partition coefficient (Wildman–Crippen LogP) is 2.94. The zero-order valence-electron chi connectivity index (χ0n) is 12.5. The summed E-state index contributed by atoms with van der Waals surface area (Å²) in [5.74, 6) is 0. The average Bonchev–Trinajstić information content (AvgIpc) is 2.47. The third kappa shape index (κ3) is 4.41. The van der Waals surface area contributed by atoms with Gasteiger partial charge >= 0.3 is 0 Å². The highest BCUT2D eigenvalue weighted by Gasteiger charge is 2.06. The molecule has 0 saturated carbocycles. The van der Waals surface area contributed by atoms with Crippen molar-refractivity contribution in [1.29, 1.82) is 0 Å². The van der Waals surface area contributed by atoms with Gasteiger partial charge in [-0.3, -0.25) is 0 Å². The molecule has 0 aliphatic heterocycles. The van der Waals surface area contributed by atoms with Crippen LogP contribution in [0.4, 0.5) is 0 Å². The molecule has 0 atom stereocenters. The van der Waals surface area contributed by atoms with Crippen LogP contribution in [0.5, 0.6) is 0 Å². The summed E-state index contributed by atoms with van der Waals surface area (Å²) in [4.78, 5) is 0.363. The highest BCUT2D eigenvalue weighted by molar-refractivity contribution is 7.90. The third-order valence-electron chi connectivity index (χ3n) is 3.50. The van der Waals surface area contributed by atoms with E-state index in [1.165, 1.54) is 17.4 Å². The first kappa shape index (κ1) is 15.7. The molecule has 0 spiro atoms. The maximum absolute atomic E-state index is 11.4. The maximum atomic E-state index is 11.4. The molecule has 0 saturated heterocycles. The van der Waals surface area contributed by atoms with Crippen molar-refractivity contribution in [2.45, 2.75) is 31.3 Å². The quantitative estimate of drug-likeness (QED) is 0.892. The van der Waals surface area contributed by atoms with Crippen molar-refractivity contribution in [3.63, 3.8) is 0 Å². The molecule has 1 N–H and O–H groups in total. The topological polar surface area (TPSA) is 46.2 Å². The van der Waals surface area contributed by atoms with E-state index in [2.05, 4.69) is 36.5 Å². The molecule has 0 fully saturated rings. The summed E-state index contributed by atoms with van der Waals surface area (Å²) in [7, 11) is -3.11. The van der Waals surface area contributed by atoms with Gasteiger partial charge in [-0.2, -0.15) is 0 Å². The predicted molar refractivity (Wildman–Crippen MR) is 85.9 cm³/mol. The van der Waals surface area contributed by atoms with Crippen LogP contribution in [0, 0.1) is 0 Å². The van der Waals surface area contributed by atoms with Crippen molar-refractivity contribution in [1.82, 2.24) is 5.32 Å². The van der Waals surface area contributed by atoms with Crippen molar-refractivity contribution < 1.29 is 8.42 Å². The van der Waals surface area contributed by atoms with Crippen molar-refractivity contribution in [2.24, 2.45) is 0 Å². The summed E-state index contributed by atoms with van der Waals surface area (Å²) in [6.07, 6.45) is 2.25. The van der Waals surface area contributed by atoms with E-state index in [1.807, 2.05) is 12.1 Å². The van der Waals surface area contributed by atoms with Gasteiger partial charge in [-0.05, 0) is 35.2 Å². The number of benzene rings is 2. The first-order valence-electron chi connectivity index (χ1n) is 7.07. The second kappa shape index (κ2) is 6.87. The molecule has 0 bridgehead atoms. The maximum Gasteiger partial charge on any atom is 0.175 e. The van der Waals surface area contributed by atoms with Crippen LogP contribution in [0.1, 0.15) is 23.6 Å².